The molecule has 0 unspecified atom stereocenters. The summed E-state index contributed by atoms with van der Waals surface area (Å²) in [5, 5.41) is 0.544. The summed E-state index contributed by atoms with van der Waals surface area (Å²) in [4.78, 5) is 17.7. The number of fused-ring (bicyclic) bond motifs is 1. The number of hydrogen-bond donors (Lipinski definition) is 0. The van der Waals surface area contributed by atoms with Gasteiger partial charge >= 0.3 is 6.18 Å². The second-order valence-electron chi connectivity index (χ2n) is 10.4. The van der Waals surface area contributed by atoms with Gasteiger partial charge in [0.15, 0.2) is 0 Å². The Morgan fingerprint density at radius 3 is 2.37 bits per heavy atom. The standard InChI is InChI=1S/C32H33ClF3N3O2/c1-3-37-14-16-38(17-15-37)31(40)19-26(23-10-13-29(33)28(18-23)32(34,35)36)27-21-39(30-7-5-4-6-25(27)30)20-22-8-11-24(41-2)12-9-22/h4-13,18,21,26H,3,14-17,19-20H2,1-2H3/t26-/m1/s1. The highest BCUT2D eigenvalue weighted by Gasteiger charge is 2.35. The van der Waals surface area contributed by atoms with Crippen LogP contribution in [0.1, 0.15) is 41.5 Å². The maximum absolute atomic E-state index is 13.9. The summed E-state index contributed by atoms with van der Waals surface area (Å²) < 4.78 is 49.1. The predicted molar refractivity (Wildman–Crippen MR) is 156 cm³/mol. The molecule has 216 valence electrons. The van der Waals surface area contributed by atoms with E-state index in [2.05, 4.69) is 16.4 Å². The lowest BCUT2D eigenvalue weighted by Gasteiger charge is -2.35. The van der Waals surface area contributed by atoms with Gasteiger partial charge in [0.05, 0.1) is 17.7 Å². The number of methoxy groups -OCH3 is 1. The number of piperazine rings is 1. The van der Waals surface area contributed by atoms with E-state index < -0.39 is 17.7 Å². The van der Waals surface area contributed by atoms with E-state index in [4.69, 9.17) is 16.3 Å². The Morgan fingerprint density at radius 2 is 1.71 bits per heavy atom. The highest BCUT2D eigenvalue weighted by atomic mass is 35.5. The molecule has 4 aromatic rings. The van der Waals surface area contributed by atoms with Crippen molar-refractivity contribution in [3.05, 3.63) is 100 Å². The van der Waals surface area contributed by atoms with Gasteiger partial charge in [-0.15, -0.1) is 0 Å². The van der Waals surface area contributed by atoms with E-state index in [9.17, 15) is 18.0 Å². The molecule has 1 aliphatic heterocycles. The average molecular weight is 584 g/mol. The van der Waals surface area contributed by atoms with Crippen LogP contribution < -0.4 is 4.74 Å². The van der Waals surface area contributed by atoms with Crippen molar-refractivity contribution in [2.45, 2.75) is 32.0 Å². The Bertz CT molecular complexity index is 1510. The zero-order chi connectivity index (χ0) is 29.1. The van der Waals surface area contributed by atoms with Crippen molar-refractivity contribution in [2.24, 2.45) is 0 Å². The summed E-state index contributed by atoms with van der Waals surface area (Å²) in [7, 11) is 1.62. The largest absolute Gasteiger partial charge is 0.497 e. The fraction of sp³-hybridized carbons (Fsp3) is 0.344. The van der Waals surface area contributed by atoms with Crippen LogP contribution in [0, 0.1) is 0 Å². The highest BCUT2D eigenvalue weighted by Crippen LogP contribution is 2.40. The van der Waals surface area contributed by atoms with Crippen molar-refractivity contribution in [1.82, 2.24) is 14.4 Å². The Morgan fingerprint density at radius 1 is 1.00 bits per heavy atom. The first kappa shape index (κ1) is 29.0. The third-order valence-electron chi connectivity index (χ3n) is 7.96. The molecule has 5 rings (SSSR count). The molecule has 1 aromatic heterocycles. The van der Waals surface area contributed by atoms with Crippen molar-refractivity contribution in [3.63, 3.8) is 0 Å². The van der Waals surface area contributed by atoms with Crippen LogP contribution in [-0.4, -0.2) is 60.1 Å². The number of rotatable bonds is 8. The molecule has 0 spiro atoms. The average Bonchev–Trinajstić information content (AvgIpc) is 3.34. The number of aromatic nitrogens is 1. The molecular weight excluding hydrogens is 551 g/mol. The molecule has 9 heteroatoms. The van der Waals surface area contributed by atoms with Gasteiger partial charge in [0.2, 0.25) is 5.91 Å². The first-order valence-corrected chi connectivity index (χ1v) is 14.1. The van der Waals surface area contributed by atoms with Crippen LogP contribution in [0.5, 0.6) is 5.75 Å². The lowest BCUT2D eigenvalue weighted by atomic mass is 9.87. The Balaban J connectivity index is 1.56. The topological polar surface area (TPSA) is 37.7 Å². The summed E-state index contributed by atoms with van der Waals surface area (Å²) in [5.41, 5.74) is 2.31. The third-order valence-corrected chi connectivity index (χ3v) is 8.29. The quantitative estimate of drug-likeness (QED) is 0.223. The zero-order valence-electron chi connectivity index (χ0n) is 23.1. The number of nitrogens with zero attached hydrogens (tertiary/aromatic N) is 3. The Kier molecular flexibility index (Phi) is 8.61. The molecule has 41 heavy (non-hydrogen) atoms. The number of hydrogen-bond acceptors (Lipinski definition) is 3. The van der Waals surface area contributed by atoms with Gasteiger partial charge in [-0.25, -0.2) is 0 Å². The summed E-state index contributed by atoms with van der Waals surface area (Å²) >= 11 is 5.98. The number of alkyl halides is 3. The fourth-order valence-corrected chi connectivity index (χ4v) is 5.84. The van der Waals surface area contributed by atoms with E-state index in [-0.39, 0.29) is 17.4 Å². The van der Waals surface area contributed by atoms with Crippen LogP contribution in [0.25, 0.3) is 10.9 Å². The molecule has 1 aliphatic rings. The minimum absolute atomic E-state index is 0.0571. The van der Waals surface area contributed by atoms with Gasteiger partial charge in [-0.2, -0.15) is 13.2 Å². The van der Waals surface area contributed by atoms with Crippen molar-refractivity contribution in [1.29, 1.82) is 0 Å². The van der Waals surface area contributed by atoms with E-state index in [1.54, 1.807) is 13.2 Å². The highest BCUT2D eigenvalue weighted by molar-refractivity contribution is 6.31. The van der Waals surface area contributed by atoms with Crippen molar-refractivity contribution < 1.29 is 22.7 Å². The smallest absolute Gasteiger partial charge is 0.417 e. The van der Waals surface area contributed by atoms with Crippen LogP contribution in [-0.2, 0) is 17.5 Å². The molecule has 0 saturated carbocycles. The zero-order valence-corrected chi connectivity index (χ0v) is 23.9. The molecule has 1 fully saturated rings. The van der Waals surface area contributed by atoms with Gasteiger partial charge in [-0.1, -0.05) is 54.9 Å². The van der Waals surface area contributed by atoms with Crippen LogP contribution in [0.3, 0.4) is 0 Å². The van der Waals surface area contributed by atoms with Crippen LogP contribution in [0.15, 0.2) is 72.9 Å². The van der Waals surface area contributed by atoms with Crippen molar-refractivity contribution in [3.8, 4) is 5.75 Å². The number of ether oxygens (including phenoxy) is 1. The van der Waals surface area contributed by atoms with Gasteiger partial charge < -0.3 is 19.1 Å². The van der Waals surface area contributed by atoms with Crippen LogP contribution >= 0.6 is 11.6 Å². The molecule has 2 heterocycles. The minimum Gasteiger partial charge on any atom is -0.497 e. The van der Waals surface area contributed by atoms with Crippen molar-refractivity contribution in [2.75, 3.05) is 39.8 Å². The lowest BCUT2D eigenvalue weighted by molar-refractivity contribution is -0.137. The number of carbonyl (C=O) groups excluding carboxylic acids is 1. The monoisotopic (exact) mass is 583 g/mol. The number of amides is 1. The molecule has 0 N–H and O–H groups in total. The predicted octanol–water partition coefficient (Wildman–Crippen LogP) is 7.06. The summed E-state index contributed by atoms with van der Waals surface area (Å²) in [5.74, 6) is 0.0988. The first-order chi connectivity index (χ1) is 19.7. The number of likely N-dealkylation sites (N-methyl/N-ethyl adjacent to an activating group) is 1. The van der Waals surface area contributed by atoms with Gasteiger partial charge in [-0.3, -0.25) is 4.79 Å². The van der Waals surface area contributed by atoms with E-state index in [1.165, 1.54) is 6.07 Å². The van der Waals surface area contributed by atoms with Crippen LogP contribution in [0.2, 0.25) is 5.02 Å². The molecule has 1 atom stereocenters. The molecule has 1 saturated heterocycles. The Hall–Kier alpha value is -3.49. The lowest BCUT2D eigenvalue weighted by Crippen LogP contribution is -2.48. The molecule has 0 bridgehead atoms. The molecular formula is C32H33ClF3N3O2. The van der Waals surface area contributed by atoms with Gasteiger partial charge in [0.25, 0.3) is 0 Å². The van der Waals surface area contributed by atoms with Gasteiger partial charge in [-0.05, 0) is 53.6 Å². The number of benzene rings is 3. The molecule has 1 amide bonds. The molecule has 5 nitrogen and oxygen atoms in total. The first-order valence-electron chi connectivity index (χ1n) is 13.8. The number of carbonyl (C=O) groups is 1. The van der Waals surface area contributed by atoms with Gasteiger partial charge in [0.1, 0.15) is 5.75 Å². The second kappa shape index (κ2) is 12.2. The van der Waals surface area contributed by atoms with E-state index >= 15 is 0 Å². The normalized spacial score (nSPS) is 15.3. The van der Waals surface area contributed by atoms with Gasteiger partial charge in [0, 0.05) is 62.2 Å². The fourth-order valence-electron chi connectivity index (χ4n) is 5.61. The Labute approximate surface area is 243 Å². The second-order valence-corrected chi connectivity index (χ2v) is 10.8. The van der Waals surface area contributed by atoms with E-state index in [0.29, 0.717) is 25.2 Å². The van der Waals surface area contributed by atoms with E-state index in [0.717, 1.165) is 53.5 Å². The number of halogens is 4. The molecule has 3 aromatic carbocycles. The maximum atomic E-state index is 13.9. The molecule has 0 aliphatic carbocycles. The number of para-hydroxylation sites is 1. The van der Waals surface area contributed by atoms with Crippen LogP contribution in [0.4, 0.5) is 13.2 Å². The molecule has 0 radical (unpaired) electrons. The summed E-state index contributed by atoms with van der Waals surface area (Å²) in [6.07, 6.45) is -2.58. The summed E-state index contributed by atoms with van der Waals surface area (Å²) in [6, 6.07) is 19.6. The maximum Gasteiger partial charge on any atom is 0.417 e. The third kappa shape index (κ3) is 6.39. The summed E-state index contributed by atoms with van der Waals surface area (Å²) in [6.45, 7) is 6.34. The minimum atomic E-state index is -4.61. The van der Waals surface area contributed by atoms with E-state index in [1.807, 2.05) is 59.6 Å². The van der Waals surface area contributed by atoms with Crippen molar-refractivity contribution >= 4 is 28.4 Å². The SMILES string of the molecule is CCN1CCN(C(=O)C[C@H](c2ccc(Cl)c(C(F)(F)F)c2)c2cn(Cc3ccc(OC)cc3)c3ccccc23)CC1.